The number of H-pyrrole nitrogens is 2. The van der Waals surface area contributed by atoms with Crippen molar-refractivity contribution in [3.8, 4) is 33.6 Å². The average molecular weight is 677 g/mol. The Morgan fingerprint density at radius 2 is 1.14 bits per heavy atom. The third-order valence-electron chi connectivity index (χ3n) is 10.4. The van der Waals surface area contributed by atoms with Crippen LogP contribution in [0.25, 0.3) is 33.6 Å². The number of ether oxygens (including phenoxy) is 1. The highest BCUT2D eigenvalue weighted by Gasteiger charge is 2.38. The van der Waals surface area contributed by atoms with E-state index in [0.717, 1.165) is 77.4 Å². The number of hydrogen-bond acceptors (Lipinski definition) is 7. The van der Waals surface area contributed by atoms with Gasteiger partial charge in [-0.25, -0.2) is 14.8 Å². The van der Waals surface area contributed by atoms with E-state index in [1.165, 1.54) is 0 Å². The molecule has 0 radical (unpaired) electrons. The maximum Gasteiger partial charge on any atom is 0.407 e. The van der Waals surface area contributed by atoms with Gasteiger partial charge in [-0.15, -0.1) is 0 Å². The predicted octanol–water partition coefficient (Wildman–Crippen LogP) is 4.63. The number of benzene rings is 2. The highest BCUT2D eigenvalue weighted by atomic mass is 16.6. The van der Waals surface area contributed by atoms with Crippen molar-refractivity contribution in [1.82, 2.24) is 40.4 Å². The smallest absolute Gasteiger partial charge is 0.407 e. The molecule has 50 heavy (non-hydrogen) atoms. The van der Waals surface area contributed by atoms with Crippen molar-refractivity contribution in [2.45, 2.75) is 75.5 Å². The molecule has 0 bridgehead atoms. The highest BCUT2D eigenvalue weighted by molar-refractivity contribution is 5.89. The number of piperidine rings is 1. The summed E-state index contributed by atoms with van der Waals surface area (Å²) in [5.74, 6) is 1.36. The van der Waals surface area contributed by atoms with Gasteiger partial charge in [0.2, 0.25) is 17.7 Å². The van der Waals surface area contributed by atoms with Crippen molar-refractivity contribution >= 4 is 23.8 Å². The Hall–Kier alpha value is -5.46. The second-order valence-corrected chi connectivity index (χ2v) is 13.5. The van der Waals surface area contributed by atoms with Gasteiger partial charge < -0.3 is 35.1 Å². The Bertz CT molecular complexity index is 1760. The number of carbonyl (C=O) groups is 4. The summed E-state index contributed by atoms with van der Waals surface area (Å²) in [6, 6.07) is 15.3. The Morgan fingerprint density at radius 3 is 1.64 bits per heavy atom. The van der Waals surface area contributed by atoms with Gasteiger partial charge in [-0.1, -0.05) is 48.5 Å². The fraction of sp³-hybridized carbons (Fsp3) is 0.405. The first-order chi connectivity index (χ1) is 24.4. The van der Waals surface area contributed by atoms with Gasteiger partial charge >= 0.3 is 6.09 Å². The molecule has 8 rings (SSSR count). The minimum Gasteiger partial charge on any atom is -0.449 e. The molecule has 13 nitrogen and oxygen atoms in total. The molecule has 0 saturated carbocycles. The molecule has 4 N–H and O–H groups in total. The van der Waals surface area contributed by atoms with Crippen LogP contribution in [0.15, 0.2) is 60.9 Å². The van der Waals surface area contributed by atoms with Crippen LogP contribution in [-0.2, 0) is 19.1 Å². The number of aromatic amines is 2. The minimum absolute atomic E-state index is 0.0164. The van der Waals surface area contributed by atoms with Crippen LogP contribution in [0.1, 0.15) is 75.1 Å². The first-order valence-corrected chi connectivity index (χ1v) is 17.6. The second-order valence-electron chi connectivity index (χ2n) is 13.5. The second kappa shape index (κ2) is 13.4. The van der Waals surface area contributed by atoms with Gasteiger partial charge in [-0.3, -0.25) is 14.4 Å². The number of alkyl carbamates (subject to hydrolysis) is 1. The summed E-state index contributed by atoms with van der Waals surface area (Å²) in [7, 11) is 0. The van der Waals surface area contributed by atoms with Crippen LogP contribution in [0.2, 0.25) is 0 Å². The van der Waals surface area contributed by atoms with E-state index in [1.54, 1.807) is 0 Å². The molecule has 4 atom stereocenters. The third kappa shape index (κ3) is 6.23. The maximum atomic E-state index is 13.3. The van der Waals surface area contributed by atoms with Gasteiger partial charge in [0.1, 0.15) is 23.7 Å². The van der Waals surface area contributed by atoms with Gasteiger partial charge in [-0.05, 0) is 60.8 Å². The first-order valence-electron chi connectivity index (χ1n) is 17.6. The first kappa shape index (κ1) is 31.8. The molecule has 4 amide bonds. The third-order valence-corrected chi connectivity index (χ3v) is 10.4. The molecular formula is C37H40N8O5. The predicted molar refractivity (Wildman–Crippen MR) is 183 cm³/mol. The lowest BCUT2D eigenvalue weighted by atomic mass is 10.0. The molecule has 0 spiro atoms. The summed E-state index contributed by atoms with van der Waals surface area (Å²) in [5, 5.41) is 5.51. The lowest BCUT2D eigenvalue weighted by Crippen LogP contribution is -2.51. The number of cyclic esters (lactones) is 1. The number of nitrogens with one attached hydrogen (secondary N) is 4. The average Bonchev–Trinajstić information content (AvgIpc) is 3.98. The van der Waals surface area contributed by atoms with Crippen molar-refractivity contribution in [3.05, 3.63) is 72.6 Å². The van der Waals surface area contributed by atoms with Crippen LogP contribution in [0, 0.1) is 0 Å². The van der Waals surface area contributed by atoms with E-state index in [-0.39, 0.29) is 36.4 Å². The van der Waals surface area contributed by atoms with E-state index >= 15 is 0 Å². The monoisotopic (exact) mass is 676 g/mol. The van der Waals surface area contributed by atoms with Crippen LogP contribution in [0.5, 0.6) is 0 Å². The summed E-state index contributed by atoms with van der Waals surface area (Å²) in [6.45, 7) is 1.54. The van der Waals surface area contributed by atoms with Crippen molar-refractivity contribution < 1.29 is 23.9 Å². The fourth-order valence-corrected chi connectivity index (χ4v) is 7.72. The summed E-state index contributed by atoms with van der Waals surface area (Å²) < 4.78 is 4.93. The van der Waals surface area contributed by atoms with Crippen LogP contribution in [-0.4, -0.2) is 85.3 Å². The van der Waals surface area contributed by atoms with Crippen molar-refractivity contribution in [2.75, 3.05) is 19.7 Å². The zero-order valence-electron chi connectivity index (χ0n) is 27.7. The van der Waals surface area contributed by atoms with Gasteiger partial charge in [0.25, 0.3) is 0 Å². The molecule has 258 valence electrons. The van der Waals surface area contributed by atoms with E-state index < -0.39 is 18.2 Å². The van der Waals surface area contributed by atoms with E-state index in [1.807, 2.05) is 22.2 Å². The topological polar surface area (TPSA) is 165 Å². The fourth-order valence-electron chi connectivity index (χ4n) is 7.72. The number of aromatic nitrogens is 4. The number of nitrogens with zero attached hydrogens (tertiary/aromatic N) is 4. The normalized spacial score (nSPS) is 23.8. The summed E-state index contributed by atoms with van der Waals surface area (Å²) in [5.41, 5.74) is 5.91. The van der Waals surface area contributed by atoms with Gasteiger partial charge in [0.15, 0.2) is 0 Å². The SMILES string of the molecule is O=C1CCCC(C(=O)N2CCC[C@H]2c2ncc(-c3ccc(-c4ccc(-c5cnc([C@@H]6CCCN6C(=O)[C@@H]6CCOC(=O)N6)[nH]5)cc4)cc3)[nH]2)N1. The molecule has 2 aromatic carbocycles. The molecular weight excluding hydrogens is 636 g/mol. The number of amides is 4. The summed E-state index contributed by atoms with van der Waals surface area (Å²) in [6.07, 6.45) is 8.88. The number of likely N-dealkylation sites (tertiary alicyclic amines) is 2. The van der Waals surface area contributed by atoms with Crippen LogP contribution < -0.4 is 10.6 Å². The van der Waals surface area contributed by atoms with Crippen LogP contribution in [0.4, 0.5) is 4.79 Å². The standard InChI is InChI=1S/C37H40N8O5/c46-32-7-1-4-26(40-32)35(47)44-17-2-5-30(44)33-38-20-28(41-33)24-12-8-22(9-13-24)23-10-14-25(15-11-23)29-21-39-34(42-29)31-6-3-18-45(31)36(48)27-16-19-50-37(49)43-27/h8-15,20-21,26-27,30-31H,1-7,16-19H2,(H,38,41)(H,39,42)(H,40,46)(H,43,49)/t26?,27-,30-,31-/m0/s1. The molecule has 4 aliphatic rings. The summed E-state index contributed by atoms with van der Waals surface area (Å²) in [4.78, 5) is 69.9. The van der Waals surface area contributed by atoms with Gasteiger partial charge in [0.05, 0.1) is 42.5 Å². The number of rotatable bonds is 7. The van der Waals surface area contributed by atoms with E-state index in [4.69, 9.17) is 4.74 Å². The molecule has 13 heteroatoms. The van der Waals surface area contributed by atoms with E-state index in [2.05, 4.69) is 79.1 Å². The molecule has 4 fully saturated rings. The van der Waals surface area contributed by atoms with E-state index in [9.17, 15) is 19.2 Å². The maximum absolute atomic E-state index is 13.3. The molecule has 4 aliphatic heterocycles. The Labute approximate surface area is 289 Å². The largest absolute Gasteiger partial charge is 0.449 e. The van der Waals surface area contributed by atoms with Crippen molar-refractivity contribution in [3.63, 3.8) is 0 Å². The lowest BCUT2D eigenvalue weighted by molar-refractivity contribution is -0.139. The molecule has 6 heterocycles. The Kier molecular flexibility index (Phi) is 8.55. The van der Waals surface area contributed by atoms with Gasteiger partial charge in [0, 0.05) is 25.9 Å². The molecule has 1 unspecified atom stereocenters. The Balaban J connectivity index is 0.914. The molecule has 2 aromatic heterocycles. The van der Waals surface area contributed by atoms with E-state index in [0.29, 0.717) is 32.4 Å². The molecule has 4 aromatic rings. The zero-order chi connectivity index (χ0) is 34.2. The van der Waals surface area contributed by atoms with Crippen molar-refractivity contribution in [1.29, 1.82) is 0 Å². The molecule has 0 aliphatic carbocycles. The minimum atomic E-state index is -0.566. The zero-order valence-corrected chi connectivity index (χ0v) is 27.7. The van der Waals surface area contributed by atoms with Crippen LogP contribution in [0.3, 0.4) is 0 Å². The van der Waals surface area contributed by atoms with Crippen molar-refractivity contribution in [2.24, 2.45) is 0 Å². The van der Waals surface area contributed by atoms with Crippen LogP contribution >= 0.6 is 0 Å². The summed E-state index contributed by atoms with van der Waals surface area (Å²) >= 11 is 0. The number of imidazole rings is 2. The van der Waals surface area contributed by atoms with Gasteiger partial charge in [-0.2, -0.15) is 0 Å². The lowest BCUT2D eigenvalue weighted by Gasteiger charge is -2.30. The number of hydrogen-bond donors (Lipinski definition) is 4. The molecule has 4 saturated heterocycles. The highest BCUT2D eigenvalue weighted by Crippen LogP contribution is 2.35. The quantitative estimate of drug-likeness (QED) is 0.222. The number of carbonyl (C=O) groups excluding carboxylic acids is 4. The Morgan fingerprint density at radius 1 is 0.640 bits per heavy atom.